The van der Waals surface area contributed by atoms with Gasteiger partial charge in [-0.15, -0.1) is 0 Å². The highest BCUT2D eigenvalue weighted by Gasteiger charge is 2.19. The van der Waals surface area contributed by atoms with Crippen LogP contribution in [0.15, 0.2) is 97.2 Å². The second-order valence-corrected chi connectivity index (χ2v) is 12.6. The summed E-state index contributed by atoms with van der Waals surface area (Å²) < 4.78 is 0. The number of aliphatic hydroxyl groups excluding tert-OH is 2. The molecule has 0 bridgehead atoms. The van der Waals surface area contributed by atoms with Gasteiger partial charge in [-0.2, -0.15) is 0 Å². The van der Waals surface area contributed by atoms with Gasteiger partial charge in [0.1, 0.15) is 0 Å². The predicted octanol–water partition coefficient (Wildman–Crippen LogP) is 11.9. The van der Waals surface area contributed by atoms with Crippen LogP contribution < -0.4 is 5.32 Å². The number of carbonyl (C=O) groups excluding carboxylic acids is 1. The minimum atomic E-state index is -0.682. The third-order valence-corrected chi connectivity index (χ3v) is 8.11. The third kappa shape index (κ3) is 34.6. The van der Waals surface area contributed by atoms with E-state index in [2.05, 4.69) is 116 Å². The quantitative estimate of drug-likeness (QED) is 0.0483. The first-order valence-corrected chi connectivity index (χ1v) is 19.4. The highest BCUT2D eigenvalue weighted by atomic mass is 16.3. The standard InChI is InChI=1S/C44H73NO3/c1-3-5-7-9-11-13-14-15-16-17-18-19-20-21-22-23-24-25-26-27-28-29-30-32-34-36-38-40-44(48)45-42(41-46)43(47)39-37-35-33-31-12-10-8-6-4-2/h5,7,11,13,15-16,18-19,21-22,24-25,27-28,30,32,42-43,46-47H,3-4,6,8-10,12,14,17,20,23,26,29,31,33-41H2,1-2H3,(H,45,48)/b7-5-,13-11-,16-15-,19-18-,22-21-,25-24-,28-27-,32-30-. The first-order chi connectivity index (χ1) is 23.7. The van der Waals surface area contributed by atoms with Crippen LogP contribution in [0.3, 0.4) is 0 Å². The van der Waals surface area contributed by atoms with E-state index < -0.39 is 12.1 Å². The number of aliphatic hydroxyl groups is 2. The van der Waals surface area contributed by atoms with Gasteiger partial charge < -0.3 is 15.5 Å². The van der Waals surface area contributed by atoms with E-state index in [1.807, 2.05) is 0 Å². The van der Waals surface area contributed by atoms with E-state index in [1.54, 1.807) is 0 Å². The van der Waals surface area contributed by atoms with Gasteiger partial charge in [-0.1, -0.05) is 169 Å². The molecule has 2 unspecified atom stereocenters. The van der Waals surface area contributed by atoms with E-state index in [1.165, 1.54) is 44.9 Å². The second-order valence-electron chi connectivity index (χ2n) is 12.6. The fraction of sp³-hybridized carbons (Fsp3) is 0.614. The van der Waals surface area contributed by atoms with Crippen LogP contribution in [0.1, 0.15) is 155 Å². The number of unbranched alkanes of at least 4 members (excludes halogenated alkanes) is 10. The molecule has 0 heterocycles. The monoisotopic (exact) mass is 664 g/mol. The highest BCUT2D eigenvalue weighted by Crippen LogP contribution is 2.13. The predicted molar refractivity (Wildman–Crippen MR) is 211 cm³/mol. The van der Waals surface area contributed by atoms with Crippen molar-refractivity contribution < 1.29 is 15.0 Å². The Morgan fingerprint density at radius 1 is 0.521 bits per heavy atom. The van der Waals surface area contributed by atoms with Crippen molar-refractivity contribution in [2.75, 3.05) is 6.61 Å². The summed E-state index contributed by atoms with van der Waals surface area (Å²) in [7, 11) is 0. The summed E-state index contributed by atoms with van der Waals surface area (Å²) in [6.45, 7) is 4.18. The molecule has 4 heteroatoms. The third-order valence-electron chi connectivity index (χ3n) is 8.11. The Balaban J connectivity index is 3.74. The fourth-order valence-corrected chi connectivity index (χ4v) is 5.14. The van der Waals surface area contributed by atoms with Crippen molar-refractivity contribution in [1.82, 2.24) is 5.32 Å². The van der Waals surface area contributed by atoms with Crippen LogP contribution in [0.5, 0.6) is 0 Å². The molecule has 0 rings (SSSR count). The summed E-state index contributed by atoms with van der Waals surface area (Å²) in [5.41, 5.74) is 0. The van der Waals surface area contributed by atoms with Crippen molar-refractivity contribution in [3.05, 3.63) is 97.2 Å². The zero-order valence-corrected chi connectivity index (χ0v) is 31.0. The molecule has 1 amide bonds. The molecule has 0 radical (unpaired) electrons. The lowest BCUT2D eigenvalue weighted by Crippen LogP contribution is -2.45. The second kappa shape index (κ2) is 38.8. The smallest absolute Gasteiger partial charge is 0.220 e. The number of hydrogen-bond acceptors (Lipinski definition) is 3. The lowest BCUT2D eigenvalue weighted by molar-refractivity contribution is -0.123. The van der Waals surface area contributed by atoms with Gasteiger partial charge in [0.25, 0.3) is 0 Å². The van der Waals surface area contributed by atoms with Gasteiger partial charge >= 0.3 is 0 Å². The number of amides is 1. The largest absolute Gasteiger partial charge is 0.394 e. The topological polar surface area (TPSA) is 69.6 Å². The van der Waals surface area contributed by atoms with Crippen molar-refractivity contribution in [1.29, 1.82) is 0 Å². The molecule has 48 heavy (non-hydrogen) atoms. The van der Waals surface area contributed by atoms with Crippen LogP contribution in [-0.4, -0.2) is 34.9 Å². The maximum Gasteiger partial charge on any atom is 0.220 e. The van der Waals surface area contributed by atoms with Gasteiger partial charge in [0.15, 0.2) is 0 Å². The SMILES string of the molecule is CC/C=C\C/C=C\C/C=C\C/C=C\C/C=C\C/C=C\C/C=C\C/C=C\CCCCC(=O)NC(CO)C(O)CCCCCCCCCCC. The molecule has 0 aromatic carbocycles. The molecule has 0 aliphatic heterocycles. The molecule has 0 saturated heterocycles. The number of allylic oxidation sites excluding steroid dienone is 16. The van der Waals surface area contributed by atoms with Gasteiger partial charge in [0, 0.05) is 6.42 Å². The molecular formula is C44H73NO3. The molecule has 4 nitrogen and oxygen atoms in total. The molecule has 0 saturated carbocycles. The summed E-state index contributed by atoms with van der Waals surface area (Å²) in [5, 5.41) is 22.9. The average Bonchev–Trinajstić information content (AvgIpc) is 3.09. The van der Waals surface area contributed by atoms with Crippen molar-refractivity contribution in [2.24, 2.45) is 0 Å². The van der Waals surface area contributed by atoms with E-state index in [9.17, 15) is 15.0 Å². The van der Waals surface area contributed by atoms with Crippen LogP contribution in [0.2, 0.25) is 0 Å². The number of nitrogens with one attached hydrogen (secondary N) is 1. The van der Waals surface area contributed by atoms with Crippen molar-refractivity contribution >= 4 is 5.91 Å². The maximum absolute atomic E-state index is 12.3. The molecule has 272 valence electrons. The maximum atomic E-state index is 12.3. The Labute approximate surface area is 296 Å². The Morgan fingerprint density at radius 3 is 1.33 bits per heavy atom. The van der Waals surface area contributed by atoms with Gasteiger partial charge in [-0.05, 0) is 77.0 Å². The zero-order chi connectivity index (χ0) is 35.0. The van der Waals surface area contributed by atoms with E-state index in [0.29, 0.717) is 12.8 Å². The summed E-state index contributed by atoms with van der Waals surface area (Å²) in [6.07, 6.45) is 57.6. The van der Waals surface area contributed by atoms with E-state index in [4.69, 9.17) is 0 Å². The Kier molecular flexibility index (Phi) is 36.6. The molecule has 2 atom stereocenters. The van der Waals surface area contributed by atoms with Crippen LogP contribution in [0.4, 0.5) is 0 Å². The molecule has 0 aliphatic rings. The van der Waals surface area contributed by atoms with Crippen LogP contribution in [-0.2, 0) is 4.79 Å². The average molecular weight is 664 g/mol. The summed E-state index contributed by atoms with van der Waals surface area (Å²) in [4.78, 5) is 12.3. The van der Waals surface area contributed by atoms with Gasteiger partial charge in [0.05, 0.1) is 18.8 Å². The lowest BCUT2D eigenvalue weighted by Gasteiger charge is -2.22. The van der Waals surface area contributed by atoms with E-state index in [-0.39, 0.29) is 12.5 Å². The van der Waals surface area contributed by atoms with Gasteiger partial charge in [-0.25, -0.2) is 0 Å². The van der Waals surface area contributed by atoms with Crippen LogP contribution >= 0.6 is 0 Å². The van der Waals surface area contributed by atoms with Gasteiger partial charge in [-0.3, -0.25) is 4.79 Å². The number of rotatable bonds is 33. The lowest BCUT2D eigenvalue weighted by atomic mass is 10.0. The van der Waals surface area contributed by atoms with Crippen molar-refractivity contribution in [3.63, 3.8) is 0 Å². The number of hydrogen-bond donors (Lipinski definition) is 3. The molecule has 0 aromatic rings. The number of carbonyl (C=O) groups is 1. The molecule has 0 aromatic heterocycles. The summed E-state index contributed by atoms with van der Waals surface area (Å²) in [6, 6.07) is -0.564. The molecule has 0 spiro atoms. The Morgan fingerprint density at radius 2 is 0.917 bits per heavy atom. The minimum Gasteiger partial charge on any atom is -0.394 e. The highest BCUT2D eigenvalue weighted by molar-refractivity contribution is 5.76. The van der Waals surface area contributed by atoms with E-state index in [0.717, 1.165) is 83.5 Å². The van der Waals surface area contributed by atoms with Crippen LogP contribution in [0.25, 0.3) is 0 Å². The Hall–Kier alpha value is -2.69. The minimum absolute atomic E-state index is 0.0820. The fourth-order valence-electron chi connectivity index (χ4n) is 5.14. The van der Waals surface area contributed by atoms with Crippen molar-refractivity contribution in [2.45, 2.75) is 167 Å². The zero-order valence-electron chi connectivity index (χ0n) is 31.0. The first kappa shape index (κ1) is 45.3. The van der Waals surface area contributed by atoms with Crippen molar-refractivity contribution in [3.8, 4) is 0 Å². The summed E-state index contributed by atoms with van der Waals surface area (Å²) >= 11 is 0. The normalized spacial score (nSPS) is 14.2. The van der Waals surface area contributed by atoms with E-state index >= 15 is 0 Å². The molecule has 3 N–H and O–H groups in total. The van der Waals surface area contributed by atoms with Gasteiger partial charge in [0.2, 0.25) is 5.91 Å². The first-order valence-electron chi connectivity index (χ1n) is 19.4. The molecule has 0 fully saturated rings. The summed E-state index contributed by atoms with van der Waals surface area (Å²) in [5.74, 6) is -0.0820. The Bertz CT molecular complexity index is 937. The van der Waals surface area contributed by atoms with Crippen LogP contribution in [0, 0.1) is 0 Å². The molecule has 0 aliphatic carbocycles. The molecular weight excluding hydrogens is 590 g/mol.